The molecule has 1 aromatic rings. The molecule has 1 fully saturated rings. The fraction of sp³-hybridized carbons (Fsp3) is 0.538. The Morgan fingerprint density at radius 1 is 1.44 bits per heavy atom. The third-order valence-corrected chi connectivity index (χ3v) is 3.87. The van der Waals surface area contributed by atoms with Crippen molar-refractivity contribution in [3.05, 3.63) is 28.5 Å². The molecule has 0 spiro atoms. The summed E-state index contributed by atoms with van der Waals surface area (Å²) in [5.41, 5.74) is 1.44. The van der Waals surface area contributed by atoms with Gasteiger partial charge in [-0.05, 0) is 58.8 Å². The van der Waals surface area contributed by atoms with Crippen LogP contribution in [0, 0.1) is 11.2 Å². The highest BCUT2D eigenvalue weighted by molar-refractivity contribution is 9.10. The van der Waals surface area contributed by atoms with Gasteiger partial charge in [-0.2, -0.15) is 0 Å². The topological polar surface area (TPSA) is 12.0 Å². The van der Waals surface area contributed by atoms with Crippen molar-refractivity contribution in [3.63, 3.8) is 0 Å². The van der Waals surface area contributed by atoms with Gasteiger partial charge in [0.2, 0.25) is 0 Å². The second-order valence-electron chi connectivity index (χ2n) is 5.38. The third kappa shape index (κ3) is 2.76. The van der Waals surface area contributed by atoms with E-state index < -0.39 is 0 Å². The predicted molar refractivity (Wildman–Crippen MR) is 69.1 cm³/mol. The van der Waals surface area contributed by atoms with Gasteiger partial charge in [0, 0.05) is 11.7 Å². The van der Waals surface area contributed by atoms with Crippen molar-refractivity contribution in [1.82, 2.24) is 0 Å². The lowest BCUT2D eigenvalue weighted by Gasteiger charge is -2.18. The van der Waals surface area contributed by atoms with Crippen LogP contribution in [0.1, 0.15) is 33.1 Å². The summed E-state index contributed by atoms with van der Waals surface area (Å²) < 4.78 is 13.6. The van der Waals surface area contributed by atoms with Gasteiger partial charge in [0.15, 0.2) is 0 Å². The first-order chi connectivity index (χ1) is 7.46. The Kier molecular flexibility index (Phi) is 3.24. The van der Waals surface area contributed by atoms with Crippen LogP contribution in [0.4, 0.5) is 10.1 Å². The van der Waals surface area contributed by atoms with Gasteiger partial charge in [-0.1, -0.05) is 13.8 Å². The van der Waals surface area contributed by atoms with Crippen LogP contribution in [0.2, 0.25) is 0 Å². The van der Waals surface area contributed by atoms with Crippen LogP contribution in [0.25, 0.3) is 0 Å². The van der Waals surface area contributed by atoms with E-state index in [-0.39, 0.29) is 5.82 Å². The molecule has 2 rings (SSSR count). The van der Waals surface area contributed by atoms with Crippen molar-refractivity contribution >= 4 is 21.6 Å². The molecule has 88 valence electrons. The molecule has 0 saturated heterocycles. The minimum atomic E-state index is -0.211. The van der Waals surface area contributed by atoms with Crippen molar-refractivity contribution in [2.45, 2.75) is 39.2 Å². The lowest BCUT2D eigenvalue weighted by atomic mass is 9.92. The Hall–Kier alpha value is -0.570. The molecule has 3 heteroatoms. The monoisotopic (exact) mass is 285 g/mol. The molecule has 1 saturated carbocycles. The van der Waals surface area contributed by atoms with Crippen LogP contribution >= 0.6 is 15.9 Å². The number of anilines is 1. The molecule has 1 atom stereocenters. The molecular formula is C13H17BrFN. The highest BCUT2D eigenvalue weighted by Gasteiger charge is 2.30. The van der Waals surface area contributed by atoms with E-state index in [0.29, 0.717) is 15.9 Å². The number of benzene rings is 1. The highest BCUT2D eigenvalue weighted by atomic mass is 79.9. The third-order valence-electron chi connectivity index (χ3n) is 3.26. The first-order valence-corrected chi connectivity index (χ1v) is 6.47. The summed E-state index contributed by atoms with van der Waals surface area (Å²) in [6.07, 6.45) is 3.64. The summed E-state index contributed by atoms with van der Waals surface area (Å²) in [5, 5.41) is 3.47. The lowest BCUT2D eigenvalue weighted by Crippen LogP contribution is -2.17. The van der Waals surface area contributed by atoms with Crippen LogP contribution in [-0.2, 0) is 0 Å². The fourth-order valence-corrected chi connectivity index (χ4v) is 2.76. The maximum Gasteiger partial charge on any atom is 0.137 e. The quantitative estimate of drug-likeness (QED) is 0.839. The first kappa shape index (κ1) is 11.9. The fourth-order valence-electron chi connectivity index (χ4n) is 2.38. The van der Waals surface area contributed by atoms with Gasteiger partial charge in [-0.3, -0.25) is 0 Å². The van der Waals surface area contributed by atoms with E-state index in [2.05, 4.69) is 35.1 Å². The maximum atomic E-state index is 13.1. The molecule has 1 aliphatic rings. The molecule has 1 aliphatic carbocycles. The van der Waals surface area contributed by atoms with E-state index in [1.54, 1.807) is 12.1 Å². The molecule has 1 aromatic carbocycles. The van der Waals surface area contributed by atoms with Gasteiger partial charge in [-0.25, -0.2) is 4.39 Å². The Labute approximate surface area is 105 Å². The average Bonchev–Trinajstić information content (AvgIpc) is 2.52. The average molecular weight is 286 g/mol. The molecule has 1 nitrogen and oxygen atoms in total. The second kappa shape index (κ2) is 4.36. The number of hydrogen-bond donors (Lipinski definition) is 1. The van der Waals surface area contributed by atoms with E-state index in [0.717, 1.165) is 5.69 Å². The summed E-state index contributed by atoms with van der Waals surface area (Å²) in [5.74, 6) is -0.211. The number of nitrogens with one attached hydrogen (secondary N) is 1. The van der Waals surface area contributed by atoms with E-state index in [1.807, 2.05) is 0 Å². The molecular weight excluding hydrogens is 269 g/mol. The molecule has 16 heavy (non-hydrogen) atoms. The Balaban J connectivity index is 2.02. The number of rotatable bonds is 2. The van der Waals surface area contributed by atoms with Crippen LogP contribution in [0.5, 0.6) is 0 Å². The summed E-state index contributed by atoms with van der Waals surface area (Å²) in [6, 6.07) is 5.62. The van der Waals surface area contributed by atoms with Gasteiger partial charge in [-0.15, -0.1) is 0 Å². The minimum absolute atomic E-state index is 0.211. The zero-order chi connectivity index (χ0) is 11.8. The van der Waals surface area contributed by atoms with Crippen molar-refractivity contribution in [3.8, 4) is 0 Å². The Bertz CT molecular complexity index is 390. The highest BCUT2D eigenvalue weighted by Crippen LogP contribution is 2.38. The molecule has 1 N–H and O–H groups in total. The van der Waals surface area contributed by atoms with Crippen LogP contribution in [0.3, 0.4) is 0 Å². The predicted octanol–water partition coefficient (Wildman–Crippen LogP) is 4.58. The number of halogens is 2. The normalized spacial score (nSPS) is 23.4. The minimum Gasteiger partial charge on any atom is -0.382 e. The summed E-state index contributed by atoms with van der Waals surface area (Å²) in [6.45, 7) is 4.60. The van der Waals surface area contributed by atoms with Crippen LogP contribution in [-0.4, -0.2) is 6.04 Å². The smallest absolute Gasteiger partial charge is 0.137 e. The van der Waals surface area contributed by atoms with Crippen LogP contribution < -0.4 is 5.32 Å². The molecule has 0 heterocycles. The van der Waals surface area contributed by atoms with E-state index >= 15 is 0 Å². The van der Waals surface area contributed by atoms with Gasteiger partial charge in [0.25, 0.3) is 0 Å². The number of hydrogen-bond acceptors (Lipinski definition) is 1. The first-order valence-electron chi connectivity index (χ1n) is 5.68. The summed E-state index contributed by atoms with van der Waals surface area (Å²) in [4.78, 5) is 0. The van der Waals surface area contributed by atoms with E-state index in [4.69, 9.17) is 0 Å². The standard InChI is InChI=1S/C13H17BrFN/c1-13(2)6-5-10(8-13)16-9-3-4-12(15)11(14)7-9/h3-4,7,10,16H,5-6,8H2,1-2H3. The molecule has 0 amide bonds. The summed E-state index contributed by atoms with van der Waals surface area (Å²) >= 11 is 3.20. The van der Waals surface area contributed by atoms with Crippen molar-refractivity contribution in [2.75, 3.05) is 5.32 Å². The Morgan fingerprint density at radius 2 is 2.19 bits per heavy atom. The van der Waals surface area contributed by atoms with E-state index in [1.165, 1.54) is 25.3 Å². The molecule has 0 radical (unpaired) electrons. The molecule has 0 aromatic heterocycles. The van der Waals surface area contributed by atoms with Gasteiger partial charge < -0.3 is 5.32 Å². The molecule has 1 unspecified atom stereocenters. The van der Waals surface area contributed by atoms with Gasteiger partial charge >= 0.3 is 0 Å². The van der Waals surface area contributed by atoms with E-state index in [9.17, 15) is 4.39 Å². The Morgan fingerprint density at radius 3 is 2.75 bits per heavy atom. The second-order valence-corrected chi connectivity index (χ2v) is 6.23. The van der Waals surface area contributed by atoms with Crippen molar-refractivity contribution in [1.29, 1.82) is 0 Å². The maximum absolute atomic E-state index is 13.1. The van der Waals surface area contributed by atoms with Crippen molar-refractivity contribution < 1.29 is 4.39 Å². The zero-order valence-electron chi connectivity index (χ0n) is 9.69. The lowest BCUT2D eigenvalue weighted by molar-refractivity contribution is 0.378. The largest absolute Gasteiger partial charge is 0.382 e. The summed E-state index contributed by atoms with van der Waals surface area (Å²) in [7, 11) is 0. The van der Waals surface area contributed by atoms with Crippen LogP contribution in [0.15, 0.2) is 22.7 Å². The SMILES string of the molecule is CC1(C)CCC(Nc2ccc(F)c(Br)c2)C1. The van der Waals surface area contributed by atoms with Crippen molar-refractivity contribution in [2.24, 2.45) is 5.41 Å². The zero-order valence-corrected chi connectivity index (χ0v) is 11.3. The molecule has 0 bridgehead atoms. The van der Waals surface area contributed by atoms with Gasteiger partial charge in [0.05, 0.1) is 4.47 Å². The van der Waals surface area contributed by atoms with Gasteiger partial charge in [0.1, 0.15) is 5.82 Å². The molecule has 0 aliphatic heterocycles.